The van der Waals surface area contributed by atoms with Crippen LogP contribution < -0.4 is 16.4 Å². The molecule has 0 atom stereocenters. The Morgan fingerprint density at radius 1 is 1.26 bits per heavy atom. The third-order valence-electron chi connectivity index (χ3n) is 3.09. The average Bonchev–Trinajstić information content (AvgIpc) is 2.27. The minimum Gasteiger partial charge on any atom is -0.370 e. The predicted molar refractivity (Wildman–Crippen MR) is 79.0 cm³/mol. The number of aliphatic imine (C=N–C) groups is 1. The number of hydrogen-bond acceptors (Lipinski definition) is 2. The Morgan fingerprint density at radius 3 is 2.47 bits per heavy atom. The Bertz CT molecular complexity index is 314. The molecular formula is C14H28N4O. The summed E-state index contributed by atoms with van der Waals surface area (Å²) in [7, 11) is 0. The molecule has 0 bridgehead atoms. The SMILES string of the molecule is CC(C)(C)NC(=O)CCN=C(N)NC1CCCCC1. The lowest BCUT2D eigenvalue weighted by Gasteiger charge is -2.23. The number of nitrogens with zero attached hydrogens (tertiary/aromatic N) is 1. The van der Waals surface area contributed by atoms with E-state index in [0.29, 0.717) is 25.0 Å². The Labute approximate surface area is 116 Å². The molecule has 0 aromatic rings. The highest BCUT2D eigenvalue weighted by Gasteiger charge is 2.14. The second-order valence-electron chi connectivity index (χ2n) is 6.29. The highest BCUT2D eigenvalue weighted by Crippen LogP contribution is 2.16. The van der Waals surface area contributed by atoms with Gasteiger partial charge >= 0.3 is 0 Å². The Morgan fingerprint density at radius 2 is 1.89 bits per heavy atom. The van der Waals surface area contributed by atoms with Gasteiger partial charge in [-0.15, -0.1) is 0 Å². The molecule has 19 heavy (non-hydrogen) atoms. The van der Waals surface area contributed by atoms with E-state index in [-0.39, 0.29) is 11.4 Å². The quantitative estimate of drug-likeness (QED) is 0.534. The van der Waals surface area contributed by atoms with Crippen molar-refractivity contribution in [2.45, 2.75) is 70.9 Å². The van der Waals surface area contributed by atoms with Crippen LogP contribution in [0.5, 0.6) is 0 Å². The van der Waals surface area contributed by atoms with Gasteiger partial charge in [0.25, 0.3) is 0 Å². The summed E-state index contributed by atoms with van der Waals surface area (Å²) in [6, 6.07) is 0.459. The number of nitrogens with one attached hydrogen (secondary N) is 2. The van der Waals surface area contributed by atoms with E-state index in [9.17, 15) is 4.79 Å². The molecule has 0 aliphatic heterocycles. The number of hydrogen-bond donors (Lipinski definition) is 3. The summed E-state index contributed by atoms with van der Waals surface area (Å²) in [6.45, 7) is 6.33. The van der Waals surface area contributed by atoms with E-state index in [4.69, 9.17) is 5.73 Å². The van der Waals surface area contributed by atoms with E-state index in [1.807, 2.05) is 20.8 Å². The van der Waals surface area contributed by atoms with Crippen LogP contribution in [0.1, 0.15) is 59.3 Å². The minimum absolute atomic E-state index is 0.0155. The fourth-order valence-electron chi connectivity index (χ4n) is 2.26. The largest absolute Gasteiger partial charge is 0.370 e. The molecule has 1 fully saturated rings. The van der Waals surface area contributed by atoms with Gasteiger partial charge in [-0.25, -0.2) is 0 Å². The zero-order chi connectivity index (χ0) is 14.3. The van der Waals surface area contributed by atoms with Crippen LogP contribution in [0.3, 0.4) is 0 Å². The van der Waals surface area contributed by atoms with Crippen molar-refractivity contribution in [1.82, 2.24) is 10.6 Å². The second-order valence-corrected chi connectivity index (χ2v) is 6.29. The first-order chi connectivity index (χ1) is 8.87. The third-order valence-corrected chi connectivity index (χ3v) is 3.09. The molecule has 0 aromatic heterocycles. The molecule has 0 radical (unpaired) electrons. The lowest BCUT2D eigenvalue weighted by molar-refractivity contribution is -0.122. The van der Waals surface area contributed by atoms with Crippen LogP contribution in [0.4, 0.5) is 0 Å². The zero-order valence-electron chi connectivity index (χ0n) is 12.5. The van der Waals surface area contributed by atoms with Crippen molar-refractivity contribution in [2.24, 2.45) is 10.7 Å². The van der Waals surface area contributed by atoms with Crippen molar-refractivity contribution in [1.29, 1.82) is 0 Å². The van der Waals surface area contributed by atoms with Gasteiger partial charge in [0.2, 0.25) is 5.91 Å². The molecule has 1 aliphatic rings. The molecule has 4 N–H and O–H groups in total. The summed E-state index contributed by atoms with van der Waals surface area (Å²) in [4.78, 5) is 15.8. The van der Waals surface area contributed by atoms with Gasteiger partial charge in [0.15, 0.2) is 5.96 Å². The number of amides is 1. The molecule has 1 rings (SSSR count). The van der Waals surface area contributed by atoms with Gasteiger partial charge in [-0.05, 0) is 33.6 Å². The summed E-state index contributed by atoms with van der Waals surface area (Å²) in [5.74, 6) is 0.483. The lowest BCUT2D eigenvalue weighted by atomic mass is 9.96. The molecule has 0 unspecified atom stereocenters. The van der Waals surface area contributed by atoms with Crippen LogP contribution in [0.2, 0.25) is 0 Å². The summed E-state index contributed by atoms with van der Waals surface area (Å²) in [5, 5.41) is 6.14. The number of guanidine groups is 1. The fourth-order valence-corrected chi connectivity index (χ4v) is 2.26. The monoisotopic (exact) mass is 268 g/mol. The first kappa shape index (κ1) is 15.8. The van der Waals surface area contributed by atoms with E-state index in [0.717, 1.165) is 0 Å². The van der Waals surface area contributed by atoms with Gasteiger partial charge in [-0.2, -0.15) is 0 Å². The summed E-state index contributed by atoms with van der Waals surface area (Å²) in [6.07, 6.45) is 6.56. The van der Waals surface area contributed by atoms with E-state index in [2.05, 4.69) is 15.6 Å². The molecule has 1 saturated carbocycles. The van der Waals surface area contributed by atoms with Crippen molar-refractivity contribution >= 4 is 11.9 Å². The van der Waals surface area contributed by atoms with Gasteiger partial charge in [0, 0.05) is 18.0 Å². The number of nitrogens with two attached hydrogens (primary N) is 1. The van der Waals surface area contributed by atoms with Crippen molar-refractivity contribution < 1.29 is 4.79 Å². The Hall–Kier alpha value is -1.26. The molecule has 1 amide bonds. The normalized spacial score (nSPS) is 18.2. The fraction of sp³-hybridized carbons (Fsp3) is 0.857. The van der Waals surface area contributed by atoms with Gasteiger partial charge in [0.05, 0.1) is 6.54 Å². The van der Waals surface area contributed by atoms with E-state index in [1.165, 1.54) is 32.1 Å². The standard InChI is InChI=1S/C14H28N4O/c1-14(2,3)18-12(19)9-10-16-13(15)17-11-7-5-4-6-8-11/h11H,4-10H2,1-3H3,(H,18,19)(H3,15,16,17). The van der Waals surface area contributed by atoms with Gasteiger partial charge in [-0.3, -0.25) is 9.79 Å². The van der Waals surface area contributed by atoms with E-state index < -0.39 is 0 Å². The summed E-state index contributed by atoms with van der Waals surface area (Å²) < 4.78 is 0. The zero-order valence-corrected chi connectivity index (χ0v) is 12.5. The summed E-state index contributed by atoms with van der Waals surface area (Å²) in [5.41, 5.74) is 5.64. The second kappa shape index (κ2) is 7.36. The molecule has 5 heteroatoms. The van der Waals surface area contributed by atoms with Crippen molar-refractivity contribution in [2.75, 3.05) is 6.54 Å². The number of rotatable bonds is 4. The van der Waals surface area contributed by atoms with Gasteiger partial charge in [0.1, 0.15) is 0 Å². The molecule has 0 heterocycles. The van der Waals surface area contributed by atoms with Gasteiger partial charge < -0.3 is 16.4 Å². The maximum atomic E-state index is 11.6. The molecule has 0 aromatic carbocycles. The molecule has 5 nitrogen and oxygen atoms in total. The summed E-state index contributed by atoms with van der Waals surface area (Å²) >= 11 is 0. The Balaban J connectivity index is 2.22. The number of carbonyl (C=O) groups excluding carboxylic acids is 1. The average molecular weight is 268 g/mol. The topological polar surface area (TPSA) is 79.5 Å². The molecule has 0 saturated heterocycles. The van der Waals surface area contributed by atoms with Crippen LogP contribution in [0, 0.1) is 0 Å². The maximum Gasteiger partial charge on any atom is 0.222 e. The van der Waals surface area contributed by atoms with Crippen LogP contribution in [0.25, 0.3) is 0 Å². The predicted octanol–water partition coefficient (Wildman–Crippen LogP) is 1.53. The van der Waals surface area contributed by atoms with Crippen LogP contribution in [-0.4, -0.2) is 30.0 Å². The Kier molecular flexibility index (Phi) is 6.12. The smallest absolute Gasteiger partial charge is 0.222 e. The molecule has 110 valence electrons. The maximum absolute atomic E-state index is 11.6. The van der Waals surface area contributed by atoms with Crippen molar-refractivity contribution in [3.05, 3.63) is 0 Å². The van der Waals surface area contributed by atoms with Crippen LogP contribution >= 0.6 is 0 Å². The van der Waals surface area contributed by atoms with Crippen LogP contribution in [-0.2, 0) is 4.79 Å². The van der Waals surface area contributed by atoms with Crippen molar-refractivity contribution in [3.8, 4) is 0 Å². The van der Waals surface area contributed by atoms with E-state index >= 15 is 0 Å². The third kappa shape index (κ3) is 7.70. The highest BCUT2D eigenvalue weighted by molar-refractivity contribution is 5.79. The first-order valence-corrected chi connectivity index (χ1v) is 7.24. The number of carbonyl (C=O) groups is 1. The van der Waals surface area contributed by atoms with E-state index in [1.54, 1.807) is 0 Å². The van der Waals surface area contributed by atoms with Crippen LogP contribution in [0.15, 0.2) is 4.99 Å². The highest BCUT2D eigenvalue weighted by atomic mass is 16.1. The molecule has 0 spiro atoms. The lowest BCUT2D eigenvalue weighted by Crippen LogP contribution is -2.42. The molecule has 1 aliphatic carbocycles. The van der Waals surface area contributed by atoms with Crippen molar-refractivity contribution in [3.63, 3.8) is 0 Å². The van der Waals surface area contributed by atoms with Gasteiger partial charge in [-0.1, -0.05) is 19.3 Å². The first-order valence-electron chi connectivity index (χ1n) is 7.24. The minimum atomic E-state index is -0.188. The molecular weight excluding hydrogens is 240 g/mol.